The summed E-state index contributed by atoms with van der Waals surface area (Å²) in [5.74, 6) is -1.34. The lowest BCUT2D eigenvalue weighted by molar-refractivity contribution is -0.140. The highest BCUT2D eigenvalue weighted by Crippen LogP contribution is 2.44. The first-order valence-corrected chi connectivity index (χ1v) is 11.2. The lowest BCUT2D eigenvalue weighted by Gasteiger charge is -2.27. The smallest absolute Gasteiger partial charge is 0.407 e. The molecule has 0 unspecified atom stereocenters. The van der Waals surface area contributed by atoms with Crippen molar-refractivity contribution in [3.05, 3.63) is 59.7 Å². The minimum atomic E-state index is -1.18. The summed E-state index contributed by atoms with van der Waals surface area (Å²) in [6.07, 6.45) is 2.41. The number of ether oxygens (including phenoxy) is 1. The van der Waals surface area contributed by atoms with Crippen molar-refractivity contribution >= 4 is 18.0 Å². The first kappa shape index (κ1) is 21.9. The molecule has 1 aliphatic heterocycles. The third kappa shape index (κ3) is 4.77. The van der Waals surface area contributed by atoms with Gasteiger partial charge in [-0.15, -0.1) is 0 Å². The summed E-state index contributed by atoms with van der Waals surface area (Å²) in [5, 5.41) is 11.9. The molecule has 1 saturated heterocycles. The van der Waals surface area contributed by atoms with Gasteiger partial charge in [0.2, 0.25) is 5.91 Å². The van der Waals surface area contributed by atoms with Crippen molar-refractivity contribution in [2.24, 2.45) is 0 Å². The van der Waals surface area contributed by atoms with E-state index in [9.17, 15) is 19.5 Å². The Balaban J connectivity index is 1.33. The number of amides is 2. The number of carboxylic acid groups (broad SMARTS) is 1. The first-order valence-electron chi connectivity index (χ1n) is 11.2. The topological polar surface area (TPSA) is 95.9 Å². The molecule has 2 aromatic carbocycles. The molecule has 0 saturated carbocycles. The van der Waals surface area contributed by atoms with Crippen LogP contribution < -0.4 is 5.32 Å². The zero-order valence-electron chi connectivity index (χ0n) is 18.0. The largest absolute Gasteiger partial charge is 0.480 e. The van der Waals surface area contributed by atoms with Gasteiger partial charge in [-0.1, -0.05) is 48.5 Å². The quantitative estimate of drug-likeness (QED) is 0.689. The zero-order chi connectivity index (χ0) is 22.5. The Hall–Kier alpha value is -3.35. The van der Waals surface area contributed by atoms with Crippen LogP contribution in [0.1, 0.15) is 49.1 Å². The number of nitrogens with one attached hydrogen (secondary N) is 1. The fourth-order valence-electron chi connectivity index (χ4n) is 4.61. The number of alkyl carbamates (subject to hydrolysis) is 1. The van der Waals surface area contributed by atoms with Crippen molar-refractivity contribution in [1.29, 1.82) is 0 Å². The summed E-state index contributed by atoms with van der Waals surface area (Å²) in [7, 11) is 0. The van der Waals surface area contributed by atoms with Gasteiger partial charge in [-0.05, 0) is 47.9 Å². The molecule has 2 aromatic rings. The molecule has 1 aliphatic carbocycles. The maximum atomic E-state index is 12.4. The van der Waals surface area contributed by atoms with Crippen LogP contribution in [0.25, 0.3) is 11.1 Å². The van der Waals surface area contributed by atoms with Crippen LogP contribution in [0, 0.1) is 0 Å². The number of carbonyl (C=O) groups excluding carboxylic acids is 2. The molecule has 7 heteroatoms. The molecule has 2 N–H and O–H groups in total. The van der Waals surface area contributed by atoms with Crippen LogP contribution in [0.4, 0.5) is 4.79 Å². The summed E-state index contributed by atoms with van der Waals surface area (Å²) < 4.78 is 5.43. The van der Waals surface area contributed by atoms with E-state index in [0.29, 0.717) is 0 Å². The number of nitrogens with zero attached hydrogens (tertiary/aromatic N) is 1. The highest BCUT2D eigenvalue weighted by molar-refractivity contribution is 5.82. The van der Waals surface area contributed by atoms with Gasteiger partial charge < -0.3 is 20.1 Å². The third-order valence-corrected chi connectivity index (χ3v) is 6.29. The summed E-state index contributed by atoms with van der Waals surface area (Å²) in [5.41, 5.74) is 4.42. The second-order valence-electron chi connectivity index (χ2n) is 8.34. The first-order chi connectivity index (χ1) is 15.5. The number of hydrogen-bond donors (Lipinski definition) is 2. The molecule has 32 heavy (non-hydrogen) atoms. The van der Waals surface area contributed by atoms with E-state index in [4.69, 9.17) is 4.74 Å². The molecule has 0 bridgehead atoms. The second-order valence-corrected chi connectivity index (χ2v) is 8.34. The maximum absolute atomic E-state index is 12.4. The Morgan fingerprint density at radius 3 is 2.16 bits per heavy atom. The Morgan fingerprint density at radius 2 is 1.56 bits per heavy atom. The van der Waals surface area contributed by atoms with E-state index in [1.807, 2.05) is 48.5 Å². The summed E-state index contributed by atoms with van der Waals surface area (Å²) in [4.78, 5) is 38.1. The van der Waals surface area contributed by atoms with E-state index in [1.165, 1.54) is 0 Å². The van der Waals surface area contributed by atoms with Gasteiger partial charge in [0.05, 0.1) is 0 Å². The molecule has 1 fully saturated rings. The van der Waals surface area contributed by atoms with E-state index in [2.05, 4.69) is 5.32 Å². The Labute approximate surface area is 187 Å². The minimum Gasteiger partial charge on any atom is -0.480 e. The zero-order valence-corrected chi connectivity index (χ0v) is 18.0. The number of rotatable bonds is 7. The van der Waals surface area contributed by atoms with Gasteiger partial charge in [0.25, 0.3) is 0 Å². The van der Waals surface area contributed by atoms with E-state index in [0.717, 1.165) is 54.6 Å². The van der Waals surface area contributed by atoms with E-state index in [1.54, 1.807) is 4.90 Å². The Morgan fingerprint density at radius 1 is 0.969 bits per heavy atom. The second kappa shape index (κ2) is 9.85. The van der Waals surface area contributed by atoms with Gasteiger partial charge in [-0.25, -0.2) is 9.59 Å². The minimum absolute atomic E-state index is 0.0366. The fourth-order valence-corrected chi connectivity index (χ4v) is 4.61. The van der Waals surface area contributed by atoms with Gasteiger partial charge in [-0.2, -0.15) is 0 Å². The van der Waals surface area contributed by atoms with Crippen molar-refractivity contribution in [1.82, 2.24) is 10.2 Å². The summed E-state index contributed by atoms with van der Waals surface area (Å²) in [6.45, 7) is 1.55. The molecule has 7 nitrogen and oxygen atoms in total. The maximum Gasteiger partial charge on any atom is 0.407 e. The number of aliphatic carboxylic acids is 1. The molecule has 1 atom stereocenters. The molecular formula is C25H28N2O5. The normalized spacial score (nSPS) is 16.1. The molecule has 0 spiro atoms. The Bertz CT molecular complexity index is 954. The van der Waals surface area contributed by atoms with Crippen LogP contribution in [-0.2, 0) is 14.3 Å². The highest BCUT2D eigenvalue weighted by atomic mass is 16.5. The van der Waals surface area contributed by atoms with Crippen molar-refractivity contribution in [2.75, 3.05) is 19.7 Å². The van der Waals surface area contributed by atoms with Crippen LogP contribution in [0.3, 0.4) is 0 Å². The molecule has 168 valence electrons. The SMILES string of the molecule is O=C(N[C@@H](CCC(=O)N1CCCCC1)C(=O)O)OCC1c2ccccc2-c2ccccc21. The van der Waals surface area contributed by atoms with Crippen molar-refractivity contribution in [3.8, 4) is 11.1 Å². The predicted octanol–water partition coefficient (Wildman–Crippen LogP) is 3.77. The molecular weight excluding hydrogens is 408 g/mol. The van der Waals surface area contributed by atoms with Crippen molar-refractivity contribution in [3.63, 3.8) is 0 Å². The number of fused-ring (bicyclic) bond motifs is 3. The monoisotopic (exact) mass is 436 g/mol. The van der Waals surface area contributed by atoms with Crippen LogP contribution >= 0.6 is 0 Å². The summed E-state index contributed by atoms with van der Waals surface area (Å²) in [6, 6.07) is 14.8. The number of carbonyl (C=O) groups is 3. The van der Waals surface area contributed by atoms with E-state index in [-0.39, 0.29) is 31.3 Å². The number of hydrogen-bond acceptors (Lipinski definition) is 4. The van der Waals surface area contributed by atoms with E-state index < -0.39 is 18.1 Å². The molecule has 2 amide bonds. The van der Waals surface area contributed by atoms with Gasteiger partial charge in [0, 0.05) is 25.4 Å². The van der Waals surface area contributed by atoms with Crippen molar-refractivity contribution in [2.45, 2.75) is 44.1 Å². The number of likely N-dealkylation sites (tertiary alicyclic amines) is 1. The molecule has 0 radical (unpaired) electrons. The van der Waals surface area contributed by atoms with E-state index >= 15 is 0 Å². The number of carboxylic acids is 1. The lowest BCUT2D eigenvalue weighted by Crippen LogP contribution is -2.43. The summed E-state index contributed by atoms with van der Waals surface area (Å²) >= 11 is 0. The van der Waals surface area contributed by atoms with Crippen LogP contribution in [0.5, 0.6) is 0 Å². The molecule has 0 aromatic heterocycles. The highest BCUT2D eigenvalue weighted by Gasteiger charge is 2.30. The average Bonchev–Trinajstić information content (AvgIpc) is 3.14. The van der Waals surface area contributed by atoms with Gasteiger partial charge >= 0.3 is 12.1 Å². The van der Waals surface area contributed by atoms with Crippen LogP contribution in [0.15, 0.2) is 48.5 Å². The van der Waals surface area contributed by atoms with Crippen LogP contribution in [-0.4, -0.2) is 53.7 Å². The van der Waals surface area contributed by atoms with Gasteiger partial charge in [0.15, 0.2) is 0 Å². The average molecular weight is 437 g/mol. The van der Waals surface area contributed by atoms with Gasteiger partial charge in [0.1, 0.15) is 12.6 Å². The molecule has 1 heterocycles. The van der Waals surface area contributed by atoms with Crippen molar-refractivity contribution < 1.29 is 24.2 Å². The lowest BCUT2D eigenvalue weighted by atomic mass is 9.98. The fraction of sp³-hybridized carbons (Fsp3) is 0.400. The number of benzene rings is 2. The van der Waals surface area contributed by atoms with Crippen LogP contribution in [0.2, 0.25) is 0 Å². The Kier molecular flexibility index (Phi) is 6.73. The predicted molar refractivity (Wildman–Crippen MR) is 119 cm³/mol. The molecule has 4 rings (SSSR count). The van der Waals surface area contributed by atoms with Gasteiger partial charge in [-0.3, -0.25) is 4.79 Å². The third-order valence-electron chi connectivity index (χ3n) is 6.29. The molecule has 2 aliphatic rings. The number of piperidine rings is 1. The standard InChI is InChI=1S/C25H28N2O5/c28-23(27-14-6-1-7-15-27)13-12-22(24(29)30)26-25(31)32-16-21-19-10-4-2-8-17(19)18-9-3-5-11-20(18)21/h2-5,8-11,21-22H,1,6-7,12-16H2,(H,26,31)(H,29,30)/t22-/m0/s1.